The molecule has 0 aliphatic carbocycles. The smallest absolute Gasteiger partial charge is 0.321 e. The van der Waals surface area contributed by atoms with E-state index < -0.39 is 17.7 Å². The third-order valence-corrected chi connectivity index (χ3v) is 6.54. The Hall–Kier alpha value is -4.08. The second-order valence-corrected chi connectivity index (χ2v) is 8.64. The molecule has 1 fully saturated rings. The maximum absolute atomic E-state index is 13.9. The summed E-state index contributed by atoms with van der Waals surface area (Å²) in [7, 11) is 3.57. The van der Waals surface area contributed by atoms with Gasteiger partial charge in [0.25, 0.3) is 0 Å². The van der Waals surface area contributed by atoms with Crippen LogP contribution >= 0.6 is 0 Å². The number of aryl methyl sites for hydroxylation is 1. The van der Waals surface area contributed by atoms with Gasteiger partial charge in [0, 0.05) is 56.3 Å². The van der Waals surface area contributed by atoms with Crippen LogP contribution in [0.3, 0.4) is 0 Å². The number of piperidine rings is 1. The van der Waals surface area contributed by atoms with Crippen molar-refractivity contribution in [3.63, 3.8) is 0 Å². The van der Waals surface area contributed by atoms with Crippen molar-refractivity contribution in [1.82, 2.24) is 24.9 Å². The van der Waals surface area contributed by atoms with Crippen LogP contribution in [-0.2, 0) is 7.05 Å². The van der Waals surface area contributed by atoms with Gasteiger partial charge in [-0.3, -0.25) is 4.68 Å². The lowest BCUT2D eigenvalue weighted by atomic mass is 10.0. The quantitative estimate of drug-likeness (QED) is 0.470. The maximum atomic E-state index is 13.9. The molecule has 1 aliphatic rings. The summed E-state index contributed by atoms with van der Waals surface area (Å²) in [6.07, 6.45) is 3.17. The number of fused-ring (bicyclic) bond motifs is 1. The predicted octanol–water partition coefficient (Wildman–Crippen LogP) is 4.44. The summed E-state index contributed by atoms with van der Waals surface area (Å²) in [5.74, 6) is -0.683. The van der Waals surface area contributed by atoms with Crippen molar-refractivity contribution in [2.24, 2.45) is 7.05 Å². The Bertz CT molecular complexity index is 1380. The van der Waals surface area contributed by atoms with Gasteiger partial charge in [0.1, 0.15) is 17.3 Å². The number of benzene rings is 2. The average molecular weight is 478 g/mol. The normalized spacial score (nSPS) is 14.3. The third kappa shape index (κ3) is 4.39. The zero-order valence-electron chi connectivity index (χ0n) is 19.4. The lowest BCUT2D eigenvalue weighted by Crippen LogP contribution is -2.47. The Kier molecular flexibility index (Phi) is 6.02. The van der Waals surface area contributed by atoms with Crippen LogP contribution in [0.2, 0.25) is 0 Å². The lowest BCUT2D eigenvalue weighted by molar-refractivity contribution is 0.193. The molecule has 2 aromatic carbocycles. The molecule has 0 spiro atoms. The van der Waals surface area contributed by atoms with Crippen molar-refractivity contribution in [3.05, 3.63) is 66.4 Å². The zero-order valence-corrected chi connectivity index (χ0v) is 19.4. The number of nitrogens with one attached hydrogen (secondary N) is 1. The Labute approximate surface area is 201 Å². The van der Waals surface area contributed by atoms with Crippen molar-refractivity contribution in [2.75, 3.05) is 30.4 Å². The topological polar surface area (TPSA) is 79.2 Å². The second-order valence-electron chi connectivity index (χ2n) is 8.64. The van der Waals surface area contributed by atoms with Gasteiger partial charge in [-0.05, 0) is 31.0 Å². The largest absolute Gasteiger partial charge is 0.354 e. The SMILES string of the molecule is CN(C(=O)Nc1ccc(F)cc1F)C1CCN(c2nnc(-c3ccnn3C)c3ccccc23)CC1. The second kappa shape index (κ2) is 9.28. The number of hydrogen-bond donors (Lipinski definition) is 1. The molecule has 5 rings (SSSR count). The van der Waals surface area contributed by atoms with Crippen LogP contribution in [0.4, 0.5) is 25.1 Å². The molecule has 0 radical (unpaired) electrons. The molecule has 3 heterocycles. The van der Waals surface area contributed by atoms with Gasteiger partial charge in [-0.25, -0.2) is 13.6 Å². The molecule has 0 unspecified atom stereocenters. The van der Waals surface area contributed by atoms with Gasteiger partial charge in [-0.2, -0.15) is 5.10 Å². The zero-order chi connectivity index (χ0) is 24.5. The highest BCUT2D eigenvalue weighted by Crippen LogP contribution is 2.32. The molecule has 2 aromatic heterocycles. The van der Waals surface area contributed by atoms with Crippen molar-refractivity contribution in [3.8, 4) is 11.4 Å². The van der Waals surface area contributed by atoms with Crippen LogP contribution in [0, 0.1) is 11.6 Å². The summed E-state index contributed by atoms with van der Waals surface area (Å²) in [5.41, 5.74) is 1.63. The highest BCUT2D eigenvalue weighted by Gasteiger charge is 2.28. The fourth-order valence-electron chi connectivity index (χ4n) is 4.54. The van der Waals surface area contributed by atoms with Crippen molar-refractivity contribution < 1.29 is 13.6 Å². The number of carbonyl (C=O) groups excluding carboxylic acids is 1. The summed E-state index contributed by atoms with van der Waals surface area (Å²) < 4.78 is 28.8. The standard InChI is InChI=1S/C25H25F2N7O/c1-32(25(35)29-21-8-7-16(26)15-20(21)27)17-10-13-34(14-11-17)24-19-6-4-3-5-18(19)23(30-31-24)22-9-12-28-33(22)2/h3-9,12,15,17H,10-11,13-14H2,1-2H3,(H,29,35). The molecule has 35 heavy (non-hydrogen) atoms. The summed E-state index contributed by atoms with van der Waals surface area (Å²) in [4.78, 5) is 16.4. The number of hydrogen-bond acceptors (Lipinski definition) is 5. The number of rotatable bonds is 4. The van der Waals surface area contributed by atoms with E-state index in [1.807, 2.05) is 37.4 Å². The number of nitrogens with zero attached hydrogens (tertiary/aromatic N) is 6. The predicted molar refractivity (Wildman–Crippen MR) is 130 cm³/mol. The van der Waals surface area contributed by atoms with Gasteiger partial charge in [0.05, 0.1) is 11.4 Å². The van der Waals surface area contributed by atoms with Crippen LogP contribution in [0.25, 0.3) is 22.2 Å². The Morgan fingerprint density at radius 3 is 2.49 bits per heavy atom. The van der Waals surface area contributed by atoms with E-state index in [1.54, 1.807) is 22.8 Å². The average Bonchev–Trinajstić information content (AvgIpc) is 3.30. The molecule has 8 nitrogen and oxygen atoms in total. The first kappa shape index (κ1) is 22.7. The van der Waals surface area contributed by atoms with E-state index in [-0.39, 0.29) is 11.7 Å². The van der Waals surface area contributed by atoms with E-state index >= 15 is 0 Å². The minimum Gasteiger partial charge on any atom is -0.354 e. The number of carbonyl (C=O) groups is 1. The summed E-state index contributed by atoms with van der Waals surface area (Å²) in [6.45, 7) is 1.38. The summed E-state index contributed by atoms with van der Waals surface area (Å²) in [5, 5.41) is 17.9. The summed E-state index contributed by atoms with van der Waals surface area (Å²) in [6, 6.07) is 12.6. The molecule has 0 bridgehead atoms. The number of amides is 2. The first-order chi connectivity index (χ1) is 16.9. The molecular formula is C25H25F2N7O. The van der Waals surface area contributed by atoms with Crippen LogP contribution < -0.4 is 10.2 Å². The Morgan fingerprint density at radius 2 is 1.80 bits per heavy atom. The van der Waals surface area contributed by atoms with Gasteiger partial charge in [0.2, 0.25) is 0 Å². The maximum Gasteiger partial charge on any atom is 0.321 e. The highest BCUT2D eigenvalue weighted by molar-refractivity contribution is 5.99. The van der Waals surface area contributed by atoms with Gasteiger partial charge < -0.3 is 15.1 Å². The van der Waals surface area contributed by atoms with Crippen LogP contribution in [0.15, 0.2) is 54.7 Å². The van der Waals surface area contributed by atoms with Crippen LogP contribution in [-0.4, -0.2) is 57.1 Å². The molecule has 10 heteroatoms. The number of urea groups is 1. The fourth-order valence-corrected chi connectivity index (χ4v) is 4.54. The van der Waals surface area contributed by atoms with E-state index in [4.69, 9.17) is 0 Å². The van der Waals surface area contributed by atoms with Gasteiger partial charge in [-0.1, -0.05) is 24.3 Å². The van der Waals surface area contributed by atoms with Crippen molar-refractivity contribution >= 4 is 28.3 Å². The molecular weight excluding hydrogens is 452 g/mol. The molecule has 1 N–H and O–H groups in total. The molecule has 1 saturated heterocycles. The Balaban J connectivity index is 1.30. The number of anilines is 2. The minimum absolute atomic E-state index is 0.0253. The minimum atomic E-state index is -0.804. The molecule has 2 amide bonds. The first-order valence-corrected chi connectivity index (χ1v) is 11.4. The molecule has 4 aromatic rings. The lowest BCUT2D eigenvalue weighted by Gasteiger charge is -2.37. The van der Waals surface area contributed by atoms with E-state index in [1.165, 1.54) is 6.07 Å². The van der Waals surface area contributed by atoms with E-state index in [9.17, 15) is 13.6 Å². The fraction of sp³-hybridized carbons (Fsp3) is 0.280. The summed E-state index contributed by atoms with van der Waals surface area (Å²) >= 11 is 0. The molecule has 0 saturated carbocycles. The molecule has 180 valence electrons. The first-order valence-electron chi connectivity index (χ1n) is 11.4. The van der Waals surface area contributed by atoms with Crippen LogP contribution in [0.5, 0.6) is 0 Å². The van der Waals surface area contributed by atoms with Gasteiger partial charge >= 0.3 is 6.03 Å². The van der Waals surface area contributed by atoms with Crippen molar-refractivity contribution in [2.45, 2.75) is 18.9 Å². The van der Waals surface area contributed by atoms with E-state index in [0.29, 0.717) is 13.1 Å². The number of aromatic nitrogens is 4. The van der Waals surface area contributed by atoms with Gasteiger partial charge in [0.15, 0.2) is 5.82 Å². The van der Waals surface area contributed by atoms with E-state index in [2.05, 4.69) is 25.5 Å². The monoisotopic (exact) mass is 477 g/mol. The van der Waals surface area contributed by atoms with Gasteiger partial charge in [-0.15, -0.1) is 10.2 Å². The molecule has 0 atom stereocenters. The van der Waals surface area contributed by atoms with Crippen LogP contribution in [0.1, 0.15) is 12.8 Å². The Morgan fingerprint density at radius 1 is 1.06 bits per heavy atom. The number of halogens is 2. The highest BCUT2D eigenvalue weighted by atomic mass is 19.1. The van der Waals surface area contributed by atoms with Crippen molar-refractivity contribution in [1.29, 1.82) is 0 Å². The molecule has 1 aliphatic heterocycles. The third-order valence-electron chi connectivity index (χ3n) is 6.54. The van der Waals surface area contributed by atoms with E-state index in [0.717, 1.165) is 53.0 Å².